The molecule has 0 bridgehead atoms. The van der Waals surface area contributed by atoms with E-state index in [0.29, 0.717) is 0 Å². The van der Waals surface area contributed by atoms with E-state index < -0.39 is 0 Å². The molecule has 1 amide bonds. The van der Waals surface area contributed by atoms with Gasteiger partial charge in [-0.2, -0.15) is 5.10 Å². The molecule has 2 aliphatic heterocycles. The average molecular weight is 361 g/mol. The summed E-state index contributed by atoms with van der Waals surface area (Å²) in [4.78, 5) is 15.3. The highest BCUT2D eigenvalue weighted by Gasteiger charge is 2.38. The number of amides is 1. The van der Waals surface area contributed by atoms with Gasteiger partial charge in [0.2, 0.25) is 5.91 Å². The van der Waals surface area contributed by atoms with Gasteiger partial charge in [-0.15, -0.1) is 12.4 Å². The van der Waals surface area contributed by atoms with Gasteiger partial charge in [-0.1, -0.05) is 12.1 Å². The third kappa shape index (κ3) is 3.31. The Labute approximate surface area is 154 Å². The second-order valence-electron chi connectivity index (χ2n) is 7.04. The van der Waals surface area contributed by atoms with Crippen LogP contribution in [0.1, 0.15) is 29.0 Å². The maximum absolute atomic E-state index is 13.3. The van der Waals surface area contributed by atoms with E-state index in [2.05, 4.69) is 35.5 Å². The zero-order valence-corrected chi connectivity index (χ0v) is 15.6. The molecule has 0 unspecified atom stereocenters. The Bertz CT molecular complexity index is 773. The topological polar surface area (TPSA) is 50.2 Å². The van der Waals surface area contributed by atoms with Crippen LogP contribution in [0.15, 0.2) is 30.6 Å². The number of hydrogen-bond acceptors (Lipinski definition) is 3. The van der Waals surface area contributed by atoms with Gasteiger partial charge in [0.05, 0.1) is 12.1 Å². The molecular weight excluding hydrogens is 336 g/mol. The van der Waals surface area contributed by atoms with Crippen LogP contribution in [-0.4, -0.2) is 35.3 Å². The molecule has 1 N–H and O–H groups in total. The number of rotatable bonds is 2. The minimum Gasteiger partial charge on any atom is -0.315 e. The Morgan fingerprint density at radius 3 is 2.92 bits per heavy atom. The van der Waals surface area contributed by atoms with E-state index >= 15 is 0 Å². The van der Waals surface area contributed by atoms with Crippen molar-refractivity contribution in [3.05, 3.63) is 47.3 Å². The van der Waals surface area contributed by atoms with Crippen LogP contribution in [0, 0.1) is 12.8 Å². The Hall–Kier alpha value is -1.85. The molecule has 2 aromatic rings. The SMILES string of the molecule is Cc1ccc2c(c1)N(C(=O)[C@H]1CNC[C@@H]1c1cnn(C)c1)CCC2.Cl. The van der Waals surface area contributed by atoms with Gasteiger partial charge in [-0.05, 0) is 42.5 Å². The number of aryl methyl sites for hydroxylation is 3. The predicted molar refractivity (Wildman–Crippen MR) is 101 cm³/mol. The van der Waals surface area contributed by atoms with Crippen LogP contribution in [0.2, 0.25) is 0 Å². The van der Waals surface area contributed by atoms with E-state index in [1.807, 2.05) is 29.0 Å². The molecule has 2 atom stereocenters. The van der Waals surface area contributed by atoms with Gasteiger partial charge in [-0.25, -0.2) is 0 Å². The summed E-state index contributed by atoms with van der Waals surface area (Å²) in [6.07, 6.45) is 6.03. The molecule has 1 aromatic heterocycles. The molecular formula is C19H25ClN4O. The number of aromatic nitrogens is 2. The van der Waals surface area contributed by atoms with Crippen molar-refractivity contribution < 1.29 is 4.79 Å². The highest BCUT2D eigenvalue weighted by atomic mass is 35.5. The largest absolute Gasteiger partial charge is 0.315 e. The molecule has 1 aromatic carbocycles. The van der Waals surface area contributed by atoms with Crippen LogP contribution < -0.4 is 10.2 Å². The van der Waals surface area contributed by atoms with Gasteiger partial charge in [0, 0.05) is 44.5 Å². The lowest BCUT2D eigenvalue weighted by Gasteiger charge is -2.33. The lowest BCUT2D eigenvalue weighted by molar-refractivity contribution is -0.122. The minimum atomic E-state index is -0.0133. The number of nitrogens with one attached hydrogen (secondary N) is 1. The van der Waals surface area contributed by atoms with Crippen LogP contribution in [0.4, 0.5) is 5.69 Å². The first kappa shape index (κ1) is 18.0. The summed E-state index contributed by atoms with van der Waals surface area (Å²) in [5.74, 6) is 0.447. The number of carbonyl (C=O) groups excluding carboxylic acids is 1. The van der Waals surface area contributed by atoms with Crippen molar-refractivity contribution in [3.8, 4) is 0 Å². The van der Waals surface area contributed by atoms with Crippen molar-refractivity contribution in [1.82, 2.24) is 15.1 Å². The van der Waals surface area contributed by atoms with E-state index in [9.17, 15) is 4.79 Å². The summed E-state index contributed by atoms with van der Waals surface area (Å²) in [6, 6.07) is 6.48. The van der Waals surface area contributed by atoms with E-state index in [1.54, 1.807) is 0 Å². The maximum atomic E-state index is 13.3. The average Bonchev–Trinajstić information content (AvgIpc) is 3.22. The number of benzene rings is 1. The third-order valence-corrected chi connectivity index (χ3v) is 5.31. The zero-order valence-electron chi connectivity index (χ0n) is 14.7. The third-order valence-electron chi connectivity index (χ3n) is 5.31. The van der Waals surface area contributed by atoms with Gasteiger partial charge in [0.15, 0.2) is 0 Å². The fraction of sp³-hybridized carbons (Fsp3) is 0.474. The zero-order chi connectivity index (χ0) is 16.7. The molecule has 0 saturated carbocycles. The van der Waals surface area contributed by atoms with Gasteiger partial charge >= 0.3 is 0 Å². The second-order valence-corrected chi connectivity index (χ2v) is 7.04. The second kappa shape index (κ2) is 7.18. The lowest BCUT2D eigenvalue weighted by atomic mass is 9.88. The first-order valence-corrected chi connectivity index (χ1v) is 8.73. The normalized spacial score (nSPS) is 22.4. The Balaban J connectivity index is 0.00000182. The van der Waals surface area contributed by atoms with Crippen LogP contribution in [0.3, 0.4) is 0 Å². The van der Waals surface area contributed by atoms with E-state index in [0.717, 1.165) is 43.7 Å². The highest BCUT2D eigenvalue weighted by molar-refractivity contribution is 5.97. The fourth-order valence-electron chi connectivity index (χ4n) is 4.03. The fourth-order valence-corrected chi connectivity index (χ4v) is 4.03. The summed E-state index contributed by atoms with van der Waals surface area (Å²) in [5, 5.41) is 7.68. The number of halogens is 1. The highest BCUT2D eigenvalue weighted by Crippen LogP contribution is 2.34. The van der Waals surface area contributed by atoms with Crippen LogP contribution >= 0.6 is 12.4 Å². The molecule has 2 aliphatic rings. The van der Waals surface area contributed by atoms with Crippen molar-refractivity contribution in [1.29, 1.82) is 0 Å². The molecule has 0 radical (unpaired) electrons. The molecule has 0 spiro atoms. The van der Waals surface area contributed by atoms with Crippen LogP contribution in [0.25, 0.3) is 0 Å². The number of anilines is 1. The van der Waals surface area contributed by atoms with Crippen molar-refractivity contribution in [2.75, 3.05) is 24.5 Å². The first-order chi connectivity index (χ1) is 11.6. The molecule has 5 nitrogen and oxygen atoms in total. The molecule has 4 rings (SSSR count). The number of carbonyl (C=O) groups is 1. The monoisotopic (exact) mass is 360 g/mol. The van der Waals surface area contributed by atoms with E-state index in [-0.39, 0.29) is 30.2 Å². The van der Waals surface area contributed by atoms with Crippen molar-refractivity contribution in [3.63, 3.8) is 0 Å². The van der Waals surface area contributed by atoms with E-state index in [1.165, 1.54) is 11.1 Å². The molecule has 0 aliphatic carbocycles. The molecule has 6 heteroatoms. The Morgan fingerprint density at radius 1 is 1.32 bits per heavy atom. The molecule has 134 valence electrons. The molecule has 1 saturated heterocycles. The van der Waals surface area contributed by atoms with Crippen LogP contribution in [0.5, 0.6) is 0 Å². The molecule has 3 heterocycles. The molecule has 25 heavy (non-hydrogen) atoms. The Morgan fingerprint density at radius 2 is 2.16 bits per heavy atom. The lowest BCUT2D eigenvalue weighted by Crippen LogP contribution is -2.41. The summed E-state index contributed by atoms with van der Waals surface area (Å²) < 4.78 is 1.81. The first-order valence-electron chi connectivity index (χ1n) is 8.73. The summed E-state index contributed by atoms with van der Waals surface area (Å²) in [6.45, 7) is 4.51. The van der Waals surface area contributed by atoms with Crippen molar-refractivity contribution in [2.24, 2.45) is 13.0 Å². The predicted octanol–water partition coefficient (Wildman–Crippen LogP) is 2.43. The standard InChI is InChI=1S/C19H24N4O.ClH/c1-13-5-6-14-4-3-7-23(18(14)8-13)19(24)17-11-20-10-16(17)15-9-21-22(2)12-15;/h5-6,8-9,12,16-17,20H,3-4,7,10-11H2,1-2H3;1H/t16-,17+;/m1./s1. The summed E-state index contributed by atoms with van der Waals surface area (Å²) in [5.41, 5.74) is 4.77. The van der Waals surface area contributed by atoms with Crippen LogP contribution in [-0.2, 0) is 18.3 Å². The van der Waals surface area contributed by atoms with Crippen molar-refractivity contribution >= 4 is 24.0 Å². The Kier molecular flexibility index (Phi) is 5.16. The number of nitrogens with zero attached hydrogens (tertiary/aromatic N) is 3. The minimum absolute atomic E-state index is 0. The quantitative estimate of drug-likeness (QED) is 0.894. The maximum Gasteiger partial charge on any atom is 0.232 e. The summed E-state index contributed by atoms with van der Waals surface area (Å²) >= 11 is 0. The van der Waals surface area contributed by atoms with Gasteiger partial charge < -0.3 is 10.2 Å². The number of hydrogen-bond donors (Lipinski definition) is 1. The van der Waals surface area contributed by atoms with Gasteiger partial charge in [0.1, 0.15) is 0 Å². The van der Waals surface area contributed by atoms with E-state index in [4.69, 9.17) is 0 Å². The molecule has 1 fully saturated rings. The number of fused-ring (bicyclic) bond motifs is 1. The smallest absolute Gasteiger partial charge is 0.232 e. The van der Waals surface area contributed by atoms with Gasteiger partial charge in [-0.3, -0.25) is 9.48 Å². The van der Waals surface area contributed by atoms with Crippen molar-refractivity contribution in [2.45, 2.75) is 25.7 Å². The van der Waals surface area contributed by atoms with Gasteiger partial charge in [0.25, 0.3) is 0 Å². The summed E-state index contributed by atoms with van der Waals surface area (Å²) in [7, 11) is 1.92.